The Morgan fingerprint density at radius 3 is 2.61 bits per heavy atom. The van der Waals surface area contributed by atoms with Crippen LogP contribution >= 0.6 is 0 Å². The van der Waals surface area contributed by atoms with E-state index in [1.165, 1.54) is 0 Å². The highest BCUT2D eigenvalue weighted by Crippen LogP contribution is 2.37. The monoisotopic (exact) mass is 319 g/mol. The number of carboxylic acid groups (broad SMARTS) is 1. The molecule has 0 amide bonds. The summed E-state index contributed by atoms with van der Waals surface area (Å²) >= 11 is 0. The maximum atomic E-state index is 11.8. The zero-order valence-corrected chi connectivity index (χ0v) is 12.4. The smallest absolute Gasteiger partial charge is 0.345 e. The van der Waals surface area contributed by atoms with E-state index in [2.05, 4.69) is 10.0 Å². The Labute approximate surface area is 132 Å². The average Bonchev–Trinajstić information content (AvgIpc) is 3.36. The zero-order chi connectivity index (χ0) is 16.7. The fraction of sp³-hybridized carbons (Fsp3) is 0.467. The molecular weight excluding hydrogens is 302 g/mol. The Balaban J connectivity index is 1.85. The molecule has 1 aliphatic rings. The second-order valence-electron chi connectivity index (χ2n) is 5.26. The number of hydrogen-bond acceptors (Lipinski definition) is 5. The van der Waals surface area contributed by atoms with Crippen LogP contribution in [0.5, 0.6) is 0 Å². The van der Waals surface area contributed by atoms with Crippen LogP contribution in [0.4, 0.5) is 0 Å². The van der Waals surface area contributed by atoms with Crippen molar-refractivity contribution in [2.75, 3.05) is 6.61 Å². The molecule has 2 rings (SSSR count). The van der Waals surface area contributed by atoms with Crippen molar-refractivity contribution in [2.45, 2.75) is 31.6 Å². The molecule has 0 heterocycles. The minimum atomic E-state index is -1.48. The number of carbonyl (C=O) groups is 2. The third-order valence-corrected chi connectivity index (χ3v) is 3.43. The molecule has 0 saturated heterocycles. The molecule has 122 valence electrons. The highest BCUT2D eigenvalue weighted by molar-refractivity contribution is 5.79. The molecule has 0 aromatic heterocycles. The topological polar surface area (TPSA) is 122 Å². The van der Waals surface area contributed by atoms with Crippen LogP contribution in [0.2, 0.25) is 0 Å². The summed E-state index contributed by atoms with van der Waals surface area (Å²) in [5.41, 5.74) is 9.43. The summed E-state index contributed by atoms with van der Waals surface area (Å²) in [5.74, 6) is -2.18. The van der Waals surface area contributed by atoms with Gasteiger partial charge in [0.2, 0.25) is 6.10 Å². The first kappa shape index (κ1) is 16.8. The molecule has 1 aromatic carbocycles. The number of nitrogens with zero attached hydrogens (tertiary/aromatic N) is 3. The van der Waals surface area contributed by atoms with Gasteiger partial charge in [-0.15, -0.1) is 0 Å². The zero-order valence-electron chi connectivity index (χ0n) is 12.4. The van der Waals surface area contributed by atoms with Gasteiger partial charge in [0.1, 0.15) is 6.61 Å². The van der Waals surface area contributed by atoms with E-state index in [-0.39, 0.29) is 19.1 Å². The highest BCUT2D eigenvalue weighted by atomic mass is 16.6. The lowest BCUT2D eigenvalue weighted by molar-refractivity contribution is -0.169. The fourth-order valence-corrected chi connectivity index (χ4v) is 2.17. The van der Waals surface area contributed by atoms with E-state index in [0.29, 0.717) is 0 Å². The van der Waals surface area contributed by atoms with Crippen LogP contribution in [-0.2, 0) is 25.7 Å². The van der Waals surface area contributed by atoms with Crippen molar-refractivity contribution in [3.05, 3.63) is 46.3 Å². The first-order valence-corrected chi connectivity index (χ1v) is 7.20. The third-order valence-electron chi connectivity index (χ3n) is 3.43. The van der Waals surface area contributed by atoms with Crippen LogP contribution in [-0.4, -0.2) is 35.8 Å². The van der Waals surface area contributed by atoms with Gasteiger partial charge >= 0.3 is 11.9 Å². The fourth-order valence-electron chi connectivity index (χ4n) is 2.17. The standard InChI is InChI=1S/C15H17N3O5/c16-18-17-13(11-6-7-11)14(15(20)21)23-12(19)9-22-8-10-4-2-1-3-5-10/h1-5,11,13-14H,6-9H2,(H,20,21)/t13-,14-/m0/s1. The molecule has 2 atom stereocenters. The predicted molar refractivity (Wildman–Crippen MR) is 79.3 cm³/mol. The van der Waals surface area contributed by atoms with Gasteiger partial charge in [-0.25, -0.2) is 9.59 Å². The second kappa shape index (κ2) is 8.17. The average molecular weight is 319 g/mol. The summed E-state index contributed by atoms with van der Waals surface area (Å²) in [6.07, 6.45) is 0.0386. The minimum absolute atomic E-state index is 0.0509. The lowest BCUT2D eigenvalue weighted by Crippen LogP contribution is -2.39. The molecule has 8 heteroatoms. The van der Waals surface area contributed by atoms with Gasteiger partial charge in [0.05, 0.1) is 12.6 Å². The number of azide groups is 1. The predicted octanol–water partition coefficient (Wildman–Crippen LogP) is 2.29. The Morgan fingerprint density at radius 1 is 1.35 bits per heavy atom. The van der Waals surface area contributed by atoms with Gasteiger partial charge in [0.25, 0.3) is 0 Å². The maximum Gasteiger partial charge on any atom is 0.345 e. The molecule has 23 heavy (non-hydrogen) atoms. The summed E-state index contributed by atoms with van der Waals surface area (Å²) in [6, 6.07) is 8.36. The lowest BCUT2D eigenvalue weighted by Gasteiger charge is -2.19. The highest BCUT2D eigenvalue weighted by Gasteiger charge is 2.41. The molecule has 0 unspecified atom stereocenters. The van der Waals surface area contributed by atoms with Crippen molar-refractivity contribution in [3.8, 4) is 0 Å². The van der Waals surface area contributed by atoms with E-state index in [0.717, 1.165) is 18.4 Å². The molecule has 0 bridgehead atoms. The number of esters is 1. The van der Waals surface area contributed by atoms with Gasteiger partial charge in [-0.05, 0) is 29.9 Å². The van der Waals surface area contributed by atoms with E-state index in [9.17, 15) is 14.7 Å². The lowest BCUT2D eigenvalue weighted by atomic mass is 10.1. The molecular formula is C15H17N3O5. The van der Waals surface area contributed by atoms with Crippen LogP contribution in [0.3, 0.4) is 0 Å². The normalized spacial score (nSPS) is 16.0. The van der Waals surface area contributed by atoms with E-state index in [4.69, 9.17) is 15.0 Å². The molecule has 1 saturated carbocycles. The van der Waals surface area contributed by atoms with Gasteiger partial charge in [0.15, 0.2) is 0 Å². The molecule has 0 radical (unpaired) electrons. The van der Waals surface area contributed by atoms with Gasteiger partial charge in [-0.1, -0.05) is 35.4 Å². The summed E-state index contributed by atoms with van der Waals surface area (Å²) in [5, 5.41) is 12.7. The number of rotatable bonds is 9. The van der Waals surface area contributed by atoms with Crippen molar-refractivity contribution >= 4 is 11.9 Å². The van der Waals surface area contributed by atoms with Crippen molar-refractivity contribution in [2.24, 2.45) is 11.0 Å². The Morgan fingerprint density at radius 2 is 2.04 bits per heavy atom. The first-order valence-electron chi connectivity index (χ1n) is 7.20. The number of carboxylic acids is 1. The number of carbonyl (C=O) groups excluding carboxylic acids is 1. The van der Waals surface area contributed by atoms with Crippen molar-refractivity contribution in [3.63, 3.8) is 0 Å². The number of ether oxygens (including phenoxy) is 2. The van der Waals surface area contributed by atoms with Crippen molar-refractivity contribution < 1.29 is 24.2 Å². The molecule has 1 fully saturated rings. The minimum Gasteiger partial charge on any atom is -0.478 e. The van der Waals surface area contributed by atoms with Crippen molar-refractivity contribution in [1.82, 2.24) is 0 Å². The van der Waals surface area contributed by atoms with Gasteiger partial charge in [0, 0.05) is 4.91 Å². The summed E-state index contributed by atoms with van der Waals surface area (Å²) in [6.45, 7) is -0.150. The molecule has 0 spiro atoms. The first-order chi connectivity index (χ1) is 11.1. The molecule has 0 aliphatic heterocycles. The van der Waals surface area contributed by atoms with E-state index < -0.39 is 24.1 Å². The number of benzene rings is 1. The van der Waals surface area contributed by atoms with Crippen LogP contribution in [0.15, 0.2) is 35.4 Å². The SMILES string of the molecule is [N-]=[N+]=N[C@@H](C1CC1)[C@H](OC(=O)COCc1ccccc1)C(=O)O. The summed E-state index contributed by atoms with van der Waals surface area (Å²) < 4.78 is 10.1. The molecule has 1 aromatic rings. The van der Waals surface area contributed by atoms with Gasteiger partial charge in [-0.3, -0.25) is 0 Å². The Hall–Kier alpha value is -2.57. The van der Waals surface area contributed by atoms with E-state index in [1.807, 2.05) is 30.3 Å². The van der Waals surface area contributed by atoms with E-state index in [1.54, 1.807) is 0 Å². The Bertz CT molecular complexity index is 596. The van der Waals surface area contributed by atoms with Crippen LogP contribution in [0.1, 0.15) is 18.4 Å². The van der Waals surface area contributed by atoms with Crippen LogP contribution in [0.25, 0.3) is 10.4 Å². The summed E-state index contributed by atoms with van der Waals surface area (Å²) in [4.78, 5) is 25.7. The second-order valence-corrected chi connectivity index (χ2v) is 5.26. The third kappa shape index (κ3) is 5.28. The Kier molecular flexibility index (Phi) is 5.96. The van der Waals surface area contributed by atoms with E-state index >= 15 is 0 Å². The van der Waals surface area contributed by atoms with Crippen LogP contribution < -0.4 is 0 Å². The van der Waals surface area contributed by atoms with Gasteiger partial charge in [-0.2, -0.15) is 0 Å². The van der Waals surface area contributed by atoms with Crippen molar-refractivity contribution in [1.29, 1.82) is 0 Å². The number of hydrogen-bond donors (Lipinski definition) is 1. The molecule has 1 N–H and O–H groups in total. The number of aliphatic carboxylic acids is 1. The maximum absolute atomic E-state index is 11.8. The quantitative estimate of drug-likeness (QED) is 0.324. The van der Waals surface area contributed by atoms with Crippen LogP contribution in [0, 0.1) is 5.92 Å². The molecule has 8 nitrogen and oxygen atoms in total. The van der Waals surface area contributed by atoms with Gasteiger partial charge < -0.3 is 14.6 Å². The summed E-state index contributed by atoms with van der Waals surface area (Å²) in [7, 11) is 0. The molecule has 1 aliphatic carbocycles. The largest absolute Gasteiger partial charge is 0.478 e.